The number of thioether (sulfide) groups is 2. The number of carbonyl (C=O) groups is 2. The van der Waals surface area contributed by atoms with Crippen LogP contribution in [0, 0.1) is 0 Å². The molecule has 1 N–H and O–H groups in total. The molecule has 0 spiro atoms. The molecule has 2 aromatic rings. The molecule has 4 nitrogen and oxygen atoms in total. The first-order valence-electron chi connectivity index (χ1n) is 10.8. The summed E-state index contributed by atoms with van der Waals surface area (Å²) in [6.07, 6.45) is 5.32. The fourth-order valence-electron chi connectivity index (χ4n) is 4.03. The Morgan fingerprint density at radius 2 is 1.81 bits per heavy atom. The number of nitrogens with one attached hydrogen (secondary N) is 1. The molecule has 2 fully saturated rings. The van der Waals surface area contributed by atoms with E-state index in [1.165, 1.54) is 25.7 Å². The van der Waals surface area contributed by atoms with E-state index in [4.69, 9.17) is 11.6 Å². The van der Waals surface area contributed by atoms with Gasteiger partial charge in [-0.1, -0.05) is 48.7 Å². The van der Waals surface area contributed by atoms with Gasteiger partial charge in [-0.25, -0.2) is 0 Å². The van der Waals surface area contributed by atoms with Gasteiger partial charge in [0.2, 0.25) is 5.91 Å². The summed E-state index contributed by atoms with van der Waals surface area (Å²) in [6, 6.07) is 15.2. The van der Waals surface area contributed by atoms with Crippen LogP contribution >= 0.6 is 35.1 Å². The van der Waals surface area contributed by atoms with Crippen molar-refractivity contribution in [3.05, 3.63) is 70.2 Å². The quantitative estimate of drug-likeness (QED) is 0.512. The van der Waals surface area contributed by atoms with Crippen LogP contribution < -0.4 is 5.32 Å². The van der Waals surface area contributed by atoms with Crippen LogP contribution in [0.5, 0.6) is 0 Å². The lowest BCUT2D eigenvalue weighted by Gasteiger charge is -2.24. The summed E-state index contributed by atoms with van der Waals surface area (Å²) in [4.78, 5) is 26.8. The van der Waals surface area contributed by atoms with Crippen molar-refractivity contribution in [2.45, 2.75) is 42.9 Å². The Morgan fingerprint density at radius 1 is 1.10 bits per heavy atom. The van der Waals surface area contributed by atoms with Crippen LogP contribution in [0.3, 0.4) is 0 Å². The molecule has 1 atom stereocenters. The van der Waals surface area contributed by atoms with Crippen LogP contribution in [-0.4, -0.2) is 40.0 Å². The predicted molar refractivity (Wildman–Crippen MR) is 131 cm³/mol. The summed E-state index contributed by atoms with van der Waals surface area (Å²) in [5.74, 6) is 1.53. The van der Waals surface area contributed by atoms with Crippen LogP contribution in [-0.2, 0) is 11.3 Å². The van der Waals surface area contributed by atoms with E-state index in [1.807, 2.05) is 65.2 Å². The van der Waals surface area contributed by atoms with Gasteiger partial charge in [-0.3, -0.25) is 9.59 Å². The third-order valence-corrected chi connectivity index (χ3v) is 8.63. The van der Waals surface area contributed by atoms with Gasteiger partial charge in [-0.15, -0.1) is 11.8 Å². The molecule has 1 aliphatic heterocycles. The molecule has 0 aromatic heterocycles. The molecule has 1 saturated heterocycles. The fraction of sp³-hybridized carbons (Fsp3) is 0.417. The van der Waals surface area contributed by atoms with Crippen LogP contribution in [0.4, 0.5) is 0 Å². The minimum absolute atomic E-state index is 0.0354. The molecule has 4 rings (SSSR count). The lowest BCUT2D eigenvalue weighted by molar-refractivity contribution is -0.128. The summed E-state index contributed by atoms with van der Waals surface area (Å²) in [5.41, 5.74) is 2.75. The van der Waals surface area contributed by atoms with Crippen molar-refractivity contribution in [1.29, 1.82) is 0 Å². The van der Waals surface area contributed by atoms with Crippen LogP contribution in [0.2, 0.25) is 5.02 Å². The van der Waals surface area contributed by atoms with Gasteiger partial charge in [0.25, 0.3) is 5.91 Å². The Morgan fingerprint density at radius 3 is 2.52 bits per heavy atom. The number of rotatable bonds is 8. The highest BCUT2D eigenvalue weighted by molar-refractivity contribution is 8.00. The summed E-state index contributed by atoms with van der Waals surface area (Å²) >= 11 is 9.58. The minimum Gasteiger partial charge on any atom is -0.351 e. The Labute approximate surface area is 197 Å². The molecule has 31 heavy (non-hydrogen) atoms. The molecule has 1 heterocycles. The van der Waals surface area contributed by atoms with Gasteiger partial charge in [0.15, 0.2) is 0 Å². The molecule has 7 heteroatoms. The van der Waals surface area contributed by atoms with E-state index < -0.39 is 0 Å². The van der Waals surface area contributed by atoms with E-state index in [9.17, 15) is 9.59 Å². The zero-order valence-electron chi connectivity index (χ0n) is 17.4. The maximum atomic E-state index is 12.5. The van der Waals surface area contributed by atoms with Crippen molar-refractivity contribution in [1.82, 2.24) is 10.2 Å². The van der Waals surface area contributed by atoms with Crippen molar-refractivity contribution in [2.24, 2.45) is 0 Å². The van der Waals surface area contributed by atoms with E-state index in [2.05, 4.69) is 5.32 Å². The fourth-order valence-corrected chi connectivity index (χ4v) is 6.57. The first-order chi connectivity index (χ1) is 15.1. The molecule has 1 aliphatic carbocycles. The van der Waals surface area contributed by atoms with Gasteiger partial charge in [0.1, 0.15) is 5.37 Å². The molecule has 0 radical (unpaired) electrons. The first-order valence-corrected chi connectivity index (χ1v) is 13.2. The minimum atomic E-state index is -0.0388. The van der Waals surface area contributed by atoms with Gasteiger partial charge < -0.3 is 10.2 Å². The highest BCUT2D eigenvalue weighted by Gasteiger charge is 2.32. The molecule has 0 unspecified atom stereocenters. The Balaban J connectivity index is 1.32. The van der Waals surface area contributed by atoms with Crippen molar-refractivity contribution in [3.8, 4) is 0 Å². The second-order valence-corrected chi connectivity index (χ2v) is 10.9. The lowest BCUT2D eigenvalue weighted by Crippen LogP contribution is -2.28. The Hall–Kier alpha value is -1.63. The lowest BCUT2D eigenvalue weighted by atomic mass is 10.1. The number of benzene rings is 2. The van der Waals surface area contributed by atoms with E-state index >= 15 is 0 Å². The number of carbonyl (C=O) groups excluding carboxylic acids is 2. The van der Waals surface area contributed by atoms with Gasteiger partial charge in [0, 0.05) is 34.7 Å². The second-order valence-electron chi connectivity index (χ2n) is 7.97. The molecule has 2 aliphatic rings. The maximum Gasteiger partial charge on any atom is 0.251 e. The third kappa shape index (κ3) is 5.99. The van der Waals surface area contributed by atoms with Gasteiger partial charge in [-0.05, 0) is 48.2 Å². The van der Waals surface area contributed by atoms with Crippen molar-refractivity contribution >= 4 is 46.9 Å². The van der Waals surface area contributed by atoms with Crippen molar-refractivity contribution in [2.75, 3.05) is 18.1 Å². The number of hydrogen-bond donors (Lipinski definition) is 1. The molecule has 2 amide bonds. The molecular formula is C24H27ClN2O2S2. The monoisotopic (exact) mass is 474 g/mol. The van der Waals surface area contributed by atoms with Gasteiger partial charge in [-0.2, -0.15) is 11.8 Å². The largest absolute Gasteiger partial charge is 0.351 e. The van der Waals surface area contributed by atoms with E-state index in [0.717, 1.165) is 22.1 Å². The number of amides is 2. The number of halogens is 1. The topological polar surface area (TPSA) is 49.4 Å². The first kappa shape index (κ1) is 22.6. The average Bonchev–Trinajstić information content (AvgIpc) is 3.43. The van der Waals surface area contributed by atoms with Crippen molar-refractivity contribution in [3.63, 3.8) is 0 Å². The molecule has 0 bridgehead atoms. The Kier molecular flexibility index (Phi) is 7.86. The normalized spacial score (nSPS) is 19.2. The van der Waals surface area contributed by atoms with Gasteiger partial charge >= 0.3 is 0 Å². The highest BCUT2D eigenvalue weighted by Crippen LogP contribution is 2.39. The van der Waals surface area contributed by atoms with Gasteiger partial charge in [0.05, 0.1) is 5.75 Å². The summed E-state index contributed by atoms with van der Waals surface area (Å²) in [7, 11) is 0. The molecule has 164 valence electrons. The maximum absolute atomic E-state index is 12.5. The summed E-state index contributed by atoms with van der Waals surface area (Å²) in [5, 5.41) is 4.45. The van der Waals surface area contributed by atoms with E-state index in [1.54, 1.807) is 11.8 Å². The summed E-state index contributed by atoms with van der Waals surface area (Å²) in [6.45, 7) is 1.25. The third-order valence-electron chi connectivity index (χ3n) is 5.74. The second kappa shape index (κ2) is 10.8. The number of nitrogens with zero attached hydrogens (tertiary/aromatic N) is 1. The predicted octanol–water partition coefficient (Wildman–Crippen LogP) is 5.52. The molecule has 2 aromatic carbocycles. The zero-order chi connectivity index (χ0) is 21.6. The number of hydrogen-bond acceptors (Lipinski definition) is 4. The van der Waals surface area contributed by atoms with E-state index in [-0.39, 0.29) is 17.2 Å². The molecule has 1 saturated carbocycles. The Bertz CT molecular complexity index is 899. The van der Waals surface area contributed by atoms with E-state index in [0.29, 0.717) is 29.4 Å². The SMILES string of the molecule is O=C(NCCSC1CCCC1)c1ccc([C@H]2SCC(=O)N2Cc2ccc(Cl)cc2)cc1. The van der Waals surface area contributed by atoms with Crippen LogP contribution in [0.15, 0.2) is 48.5 Å². The standard InChI is InChI=1S/C24H27ClN2O2S2/c25-20-11-5-17(6-12-20)15-27-22(28)16-31-24(27)19-9-7-18(8-10-19)23(29)26-13-14-30-21-3-1-2-4-21/h5-12,21,24H,1-4,13-16H2,(H,26,29)/t24-/m1/s1. The smallest absolute Gasteiger partial charge is 0.251 e. The average molecular weight is 475 g/mol. The van der Waals surface area contributed by atoms with Crippen molar-refractivity contribution < 1.29 is 9.59 Å². The van der Waals surface area contributed by atoms with Crippen LogP contribution in [0.1, 0.15) is 52.5 Å². The molecular weight excluding hydrogens is 448 g/mol. The summed E-state index contributed by atoms with van der Waals surface area (Å²) < 4.78 is 0. The highest BCUT2D eigenvalue weighted by atomic mass is 35.5. The zero-order valence-corrected chi connectivity index (χ0v) is 19.8. The van der Waals surface area contributed by atoms with Crippen LogP contribution in [0.25, 0.3) is 0 Å².